The van der Waals surface area contributed by atoms with Crippen LogP contribution in [0.3, 0.4) is 0 Å². The number of aryl methyl sites for hydroxylation is 1. The molecule has 1 amide bonds. The molecule has 0 aliphatic rings. The molecule has 37 heavy (non-hydrogen) atoms. The first-order chi connectivity index (χ1) is 17.9. The molecular formula is C28H24N6O3+2. The van der Waals surface area contributed by atoms with E-state index in [1.165, 1.54) is 12.1 Å². The number of pyridine rings is 2. The van der Waals surface area contributed by atoms with Gasteiger partial charge in [-0.05, 0) is 42.5 Å². The second-order valence-electron chi connectivity index (χ2n) is 8.49. The monoisotopic (exact) mass is 492 g/mol. The van der Waals surface area contributed by atoms with Gasteiger partial charge in [-0.3, -0.25) is 14.9 Å². The van der Waals surface area contributed by atoms with Crippen LogP contribution in [0, 0.1) is 10.1 Å². The Morgan fingerprint density at radius 3 is 2.32 bits per heavy atom. The Kier molecular flexibility index (Phi) is 6.41. The van der Waals surface area contributed by atoms with Crippen molar-refractivity contribution >= 4 is 50.9 Å². The number of anilines is 5. The summed E-state index contributed by atoms with van der Waals surface area (Å²) in [5.74, 6) is -0.222. The van der Waals surface area contributed by atoms with E-state index in [9.17, 15) is 14.9 Å². The Bertz CT molecular complexity index is 1600. The first-order valence-electron chi connectivity index (χ1n) is 11.5. The normalized spacial score (nSPS) is 10.6. The largest absolute Gasteiger partial charge is 0.355 e. The highest BCUT2D eigenvalue weighted by Crippen LogP contribution is 2.28. The molecule has 9 nitrogen and oxygen atoms in total. The maximum atomic E-state index is 12.9. The molecule has 3 aromatic carbocycles. The molecule has 0 spiro atoms. The highest BCUT2D eigenvalue weighted by Gasteiger charge is 2.13. The predicted molar refractivity (Wildman–Crippen MR) is 142 cm³/mol. The molecule has 0 fully saturated rings. The van der Waals surface area contributed by atoms with E-state index in [2.05, 4.69) is 20.9 Å². The summed E-state index contributed by atoms with van der Waals surface area (Å²) in [4.78, 5) is 26.7. The third kappa shape index (κ3) is 5.51. The number of amides is 1. The average Bonchev–Trinajstić information content (AvgIpc) is 2.91. The number of H-pyrrole nitrogens is 1. The van der Waals surface area contributed by atoms with Gasteiger partial charge in [0.15, 0.2) is 18.6 Å². The number of carbonyl (C=O) groups excluding carboxylic acids is 1. The standard InChI is InChI=1S/C28H22N6O3/c1-33-15-12-22(13-16-33)30-23-4-2-3-19(17-23)28(35)32-21-7-5-20(6-8-21)31-27-11-14-29-26-10-9-24(34(36)37)18-25(26)27/h2-18H,1H3,(H2,29,31,32,35)/p+2. The smallest absolute Gasteiger partial charge is 0.270 e. The summed E-state index contributed by atoms with van der Waals surface area (Å²) in [6, 6.07) is 25.0. The molecule has 0 radical (unpaired) electrons. The lowest BCUT2D eigenvalue weighted by Crippen LogP contribution is -2.25. The van der Waals surface area contributed by atoms with Crippen LogP contribution in [0.4, 0.5) is 34.1 Å². The van der Waals surface area contributed by atoms with E-state index in [4.69, 9.17) is 0 Å². The van der Waals surface area contributed by atoms with Gasteiger partial charge in [-0.1, -0.05) is 6.07 Å². The highest BCUT2D eigenvalue weighted by atomic mass is 16.6. The molecule has 2 aromatic heterocycles. The van der Waals surface area contributed by atoms with Crippen molar-refractivity contribution in [2.75, 3.05) is 16.0 Å². The van der Waals surface area contributed by atoms with Crippen LogP contribution >= 0.6 is 0 Å². The van der Waals surface area contributed by atoms with Crippen LogP contribution in [0.15, 0.2) is 104 Å². The SMILES string of the molecule is C[n+]1ccc(Nc2cccc(C(=O)Nc3ccc(Nc4cc[nH+]c5ccc([N+](=O)[O-])cc45)cc3)c2)cc1. The minimum Gasteiger partial charge on any atom is -0.355 e. The van der Waals surface area contributed by atoms with Gasteiger partial charge in [0, 0.05) is 59.0 Å². The summed E-state index contributed by atoms with van der Waals surface area (Å²) in [5, 5.41) is 21.4. The molecule has 0 atom stereocenters. The first-order valence-corrected chi connectivity index (χ1v) is 11.5. The molecular weight excluding hydrogens is 468 g/mol. The van der Waals surface area contributed by atoms with Crippen molar-refractivity contribution in [3.8, 4) is 0 Å². The number of fused-ring (bicyclic) bond motifs is 1. The number of nitrogens with zero attached hydrogens (tertiary/aromatic N) is 2. The van der Waals surface area contributed by atoms with Gasteiger partial charge in [-0.25, -0.2) is 9.55 Å². The highest BCUT2D eigenvalue weighted by molar-refractivity contribution is 6.05. The predicted octanol–water partition coefficient (Wildman–Crippen LogP) is 5.13. The van der Waals surface area contributed by atoms with E-state index in [-0.39, 0.29) is 11.6 Å². The fourth-order valence-corrected chi connectivity index (χ4v) is 3.89. The van der Waals surface area contributed by atoms with Crippen LogP contribution in [0.5, 0.6) is 0 Å². The lowest BCUT2D eigenvalue weighted by atomic mass is 10.1. The van der Waals surface area contributed by atoms with Crippen molar-refractivity contribution in [1.29, 1.82) is 0 Å². The molecule has 5 rings (SSSR count). The number of nitro benzene ring substituents is 1. The Labute approximate surface area is 212 Å². The summed E-state index contributed by atoms with van der Waals surface area (Å²) < 4.78 is 1.95. The van der Waals surface area contributed by atoms with E-state index in [0.717, 1.165) is 28.3 Å². The van der Waals surface area contributed by atoms with Crippen LogP contribution in [-0.4, -0.2) is 10.8 Å². The molecule has 0 saturated heterocycles. The van der Waals surface area contributed by atoms with Gasteiger partial charge < -0.3 is 16.0 Å². The second kappa shape index (κ2) is 10.1. The Hall–Kier alpha value is -5.31. The van der Waals surface area contributed by atoms with Crippen LogP contribution in [0.2, 0.25) is 0 Å². The first kappa shape index (κ1) is 23.4. The van der Waals surface area contributed by atoms with Crippen LogP contribution in [-0.2, 0) is 7.05 Å². The van der Waals surface area contributed by atoms with Crippen LogP contribution in [0.25, 0.3) is 10.9 Å². The number of nitrogens with one attached hydrogen (secondary N) is 4. The van der Waals surface area contributed by atoms with Crippen LogP contribution in [0.1, 0.15) is 10.4 Å². The molecule has 5 aromatic rings. The van der Waals surface area contributed by atoms with Crippen molar-refractivity contribution < 1.29 is 19.3 Å². The zero-order valence-corrected chi connectivity index (χ0v) is 19.9. The molecule has 9 heteroatoms. The molecule has 4 N–H and O–H groups in total. The Morgan fingerprint density at radius 1 is 0.838 bits per heavy atom. The third-order valence-electron chi connectivity index (χ3n) is 5.81. The minimum absolute atomic E-state index is 0.0188. The van der Waals surface area contributed by atoms with Gasteiger partial charge in [0.1, 0.15) is 7.05 Å². The molecule has 0 saturated carbocycles. The number of nitro groups is 1. The Morgan fingerprint density at radius 2 is 1.57 bits per heavy atom. The van der Waals surface area contributed by atoms with Crippen LogP contribution < -0.4 is 25.5 Å². The number of hydrogen-bond acceptors (Lipinski definition) is 5. The third-order valence-corrected chi connectivity index (χ3v) is 5.81. The van der Waals surface area contributed by atoms with Crippen molar-refractivity contribution in [2.24, 2.45) is 7.05 Å². The topological polar surface area (TPSA) is 114 Å². The Balaban J connectivity index is 1.27. The maximum absolute atomic E-state index is 12.9. The fourth-order valence-electron chi connectivity index (χ4n) is 3.89. The van der Waals surface area contributed by atoms with E-state index in [1.807, 2.05) is 66.5 Å². The van der Waals surface area contributed by atoms with E-state index in [0.29, 0.717) is 16.6 Å². The van der Waals surface area contributed by atoms with Gasteiger partial charge in [0.2, 0.25) is 5.52 Å². The zero-order chi connectivity index (χ0) is 25.8. The summed E-state index contributed by atoms with van der Waals surface area (Å²) >= 11 is 0. The van der Waals surface area contributed by atoms with E-state index < -0.39 is 4.92 Å². The molecule has 0 aliphatic heterocycles. The second-order valence-corrected chi connectivity index (χ2v) is 8.49. The van der Waals surface area contributed by atoms with Gasteiger partial charge in [-0.15, -0.1) is 0 Å². The molecule has 182 valence electrons. The van der Waals surface area contributed by atoms with Gasteiger partial charge in [0.05, 0.1) is 21.7 Å². The van der Waals surface area contributed by atoms with Crippen molar-refractivity contribution in [3.63, 3.8) is 0 Å². The number of aromatic amines is 1. The lowest BCUT2D eigenvalue weighted by Gasteiger charge is -2.11. The summed E-state index contributed by atoms with van der Waals surface area (Å²) in [6.07, 6.45) is 5.66. The number of carbonyl (C=O) groups is 1. The summed E-state index contributed by atoms with van der Waals surface area (Å²) in [6.45, 7) is 0. The number of aromatic nitrogens is 2. The summed E-state index contributed by atoms with van der Waals surface area (Å²) in [7, 11) is 1.95. The average molecular weight is 493 g/mol. The van der Waals surface area contributed by atoms with Crippen molar-refractivity contribution in [3.05, 3.63) is 119 Å². The zero-order valence-electron chi connectivity index (χ0n) is 19.9. The maximum Gasteiger partial charge on any atom is 0.270 e. The van der Waals surface area contributed by atoms with Gasteiger partial charge in [0.25, 0.3) is 11.6 Å². The van der Waals surface area contributed by atoms with E-state index >= 15 is 0 Å². The quantitative estimate of drug-likeness (QED) is 0.166. The number of non-ortho nitro benzene ring substituents is 1. The van der Waals surface area contributed by atoms with Gasteiger partial charge >= 0.3 is 0 Å². The molecule has 0 unspecified atom stereocenters. The number of hydrogen-bond donors (Lipinski definition) is 3. The fraction of sp³-hybridized carbons (Fsp3) is 0.0357. The molecule has 2 heterocycles. The molecule has 0 bridgehead atoms. The molecule has 0 aliphatic carbocycles. The van der Waals surface area contributed by atoms with E-state index in [1.54, 1.807) is 36.5 Å². The minimum atomic E-state index is -0.416. The van der Waals surface area contributed by atoms with Gasteiger partial charge in [-0.2, -0.15) is 0 Å². The lowest BCUT2D eigenvalue weighted by molar-refractivity contribution is -0.671. The summed E-state index contributed by atoms with van der Waals surface area (Å²) in [5.41, 5.74) is 5.22. The number of rotatable bonds is 7. The number of benzene rings is 3. The van der Waals surface area contributed by atoms with Crippen molar-refractivity contribution in [2.45, 2.75) is 0 Å². The van der Waals surface area contributed by atoms with Crippen molar-refractivity contribution in [1.82, 2.24) is 0 Å².